The highest BCUT2D eigenvalue weighted by molar-refractivity contribution is 5.99. The van der Waals surface area contributed by atoms with Gasteiger partial charge in [0.25, 0.3) is 0 Å². The van der Waals surface area contributed by atoms with Crippen molar-refractivity contribution in [3.05, 3.63) is 45.3 Å². The lowest BCUT2D eigenvalue weighted by molar-refractivity contribution is 0.0695. The number of nitrogen functional groups attached to an aromatic ring is 1. The quantitative estimate of drug-likeness (QED) is 0.497. The van der Waals surface area contributed by atoms with Gasteiger partial charge in [-0.05, 0) is 19.3 Å². The van der Waals surface area contributed by atoms with Gasteiger partial charge in [0, 0.05) is 25.3 Å². The van der Waals surface area contributed by atoms with Crippen molar-refractivity contribution in [2.75, 3.05) is 23.7 Å². The van der Waals surface area contributed by atoms with Crippen LogP contribution in [0.5, 0.6) is 0 Å². The number of fused-ring (bicyclic) bond motifs is 1. The van der Waals surface area contributed by atoms with Gasteiger partial charge in [0.2, 0.25) is 11.3 Å². The fraction of sp³-hybridized carbons (Fsp3) is 0.400. The van der Waals surface area contributed by atoms with Crippen molar-refractivity contribution in [1.29, 1.82) is 0 Å². The molecule has 5 N–H and O–H groups in total. The minimum atomic E-state index is -1.48. The molecular formula is C20H20F2N6O4. The maximum atomic E-state index is 15.8. The van der Waals surface area contributed by atoms with Crippen molar-refractivity contribution in [2.24, 2.45) is 5.73 Å². The minimum absolute atomic E-state index is 0.113. The molecule has 0 bridgehead atoms. The van der Waals surface area contributed by atoms with E-state index in [1.54, 1.807) is 0 Å². The van der Waals surface area contributed by atoms with Crippen LogP contribution in [-0.2, 0) is 6.54 Å². The standard InChI is InChI=1S/C20H20F2N6O4/c21-13-15(24)12-16(28(9-1-2-9)7-10(18(12)29)20(30)31)14(22)17(13)27-4-3-8(6-27)19-25-11(5-23)26-32-19/h7-9H,1-6,23-24H2,(H,30,31). The van der Waals surface area contributed by atoms with Gasteiger partial charge in [-0.2, -0.15) is 4.98 Å². The first-order valence-electron chi connectivity index (χ1n) is 10.2. The molecule has 2 fully saturated rings. The molecule has 0 radical (unpaired) electrons. The molecule has 1 aliphatic heterocycles. The average molecular weight is 446 g/mol. The predicted octanol–water partition coefficient (Wildman–Crippen LogP) is 1.73. The van der Waals surface area contributed by atoms with Crippen LogP contribution in [0.1, 0.15) is 53.3 Å². The maximum Gasteiger partial charge on any atom is 0.341 e. The summed E-state index contributed by atoms with van der Waals surface area (Å²) in [6.07, 6.45) is 3.01. The molecule has 5 rings (SSSR count). The molecule has 3 heterocycles. The lowest BCUT2D eigenvalue weighted by Crippen LogP contribution is -2.26. The van der Waals surface area contributed by atoms with Crippen LogP contribution in [0.2, 0.25) is 0 Å². The Bertz CT molecular complexity index is 1320. The number of rotatable bonds is 5. The highest BCUT2D eigenvalue weighted by Crippen LogP contribution is 2.43. The van der Waals surface area contributed by atoms with Gasteiger partial charge >= 0.3 is 5.97 Å². The SMILES string of the molecule is NCc1noc(C2CCN(c3c(F)c(N)c4c(=O)c(C(=O)O)cn(C5CC5)c4c3F)C2)n1. The van der Waals surface area contributed by atoms with Crippen molar-refractivity contribution < 1.29 is 23.2 Å². The zero-order chi connectivity index (χ0) is 22.7. The molecule has 10 nitrogen and oxygen atoms in total. The molecule has 32 heavy (non-hydrogen) atoms. The number of hydrogen-bond donors (Lipinski definition) is 3. The molecular weight excluding hydrogens is 426 g/mol. The fourth-order valence-electron chi connectivity index (χ4n) is 4.30. The number of aromatic nitrogens is 3. The molecule has 1 saturated heterocycles. The fourth-order valence-corrected chi connectivity index (χ4v) is 4.30. The number of nitrogens with two attached hydrogens (primary N) is 2. The van der Waals surface area contributed by atoms with Crippen LogP contribution in [0.25, 0.3) is 10.9 Å². The number of nitrogens with zero attached hydrogens (tertiary/aromatic N) is 4. The first-order valence-corrected chi connectivity index (χ1v) is 10.2. The van der Waals surface area contributed by atoms with Gasteiger partial charge in [0.05, 0.1) is 29.1 Å². The summed E-state index contributed by atoms with van der Waals surface area (Å²) < 4.78 is 37.7. The molecule has 0 amide bonds. The van der Waals surface area contributed by atoms with Crippen molar-refractivity contribution in [2.45, 2.75) is 37.8 Å². The molecule has 2 aromatic heterocycles. The van der Waals surface area contributed by atoms with E-state index < -0.39 is 39.7 Å². The van der Waals surface area contributed by atoms with E-state index >= 15 is 8.78 Å². The van der Waals surface area contributed by atoms with Gasteiger partial charge in [-0.3, -0.25) is 4.79 Å². The Morgan fingerprint density at radius 1 is 1.28 bits per heavy atom. The van der Waals surface area contributed by atoms with Gasteiger partial charge in [-0.25, -0.2) is 13.6 Å². The number of benzene rings is 1. The molecule has 1 aliphatic carbocycles. The number of halogens is 2. The van der Waals surface area contributed by atoms with E-state index in [-0.39, 0.29) is 36.3 Å². The van der Waals surface area contributed by atoms with Crippen LogP contribution >= 0.6 is 0 Å². The number of carboxylic acids is 1. The van der Waals surface area contributed by atoms with Gasteiger partial charge in [-0.1, -0.05) is 5.16 Å². The second kappa shape index (κ2) is 7.26. The Hall–Kier alpha value is -3.54. The summed E-state index contributed by atoms with van der Waals surface area (Å²) in [5, 5.41) is 12.7. The number of carboxylic acid groups (broad SMARTS) is 1. The predicted molar refractivity (Wildman–Crippen MR) is 110 cm³/mol. The summed E-state index contributed by atoms with van der Waals surface area (Å²) in [7, 11) is 0. The number of aromatic carboxylic acids is 1. The summed E-state index contributed by atoms with van der Waals surface area (Å²) in [6, 6.07) is -0.178. The molecule has 1 atom stereocenters. The third-order valence-corrected chi connectivity index (χ3v) is 6.06. The summed E-state index contributed by atoms with van der Waals surface area (Å²) in [6.45, 7) is 0.609. The van der Waals surface area contributed by atoms with E-state index in [9.17, 15) is 14.7 Å². The molecule has 168 valence electrons. The Balaban J connectivity index is 1.65. The first kappa shape index (κ1) is 20.4. The Morgan fingerprint density at radius 2 is 2.03 bits per heavy atom. The van der Waals surface area contributed by atoms with Crippen LogP contribution in [-0.4, -0.2) is 38.9 Å². The second-order valence-corrected chi connectivity index (χ2v) is 8.11. The van der Waals surface area contributed by atoms with E-state index in [0.717, 1.165) is 6.20 Å². The molecule has 1 saturated carbocycles. The minimum Gasteiger partial charge on any atom is -0.477 e. The summed E-state index contributed by atoms with van der Waals surface area (Å²) in [5.74, 6) is -3.09. The lowest BCUT2D eigenvalue weighted by Gasteiger charge is -2.23. The van der Waals surface area contributed by atoms with Gasteiger partial charge in [-0.15, -0.1) is 0 Å². The highest BCUT2D eigenvalue weighted by atomic mass is 19.1. The van der Waals surface area contributed by atoms with Crippen LogP contribution in [0.4, 0.5) is 20.2 Å². The van der Waals surface area contributed by atoms with Crippen LogP contribution < -0.4 is 21.8 Å². The second-order valence-electron chi connectivity index (χ2n) is 8.11. The van der Waals surface area contributed by atoms with Crippen molar-refractivity contribution in [3.8, 4) is 0 Å². The molecule has 1 aromatic carbocycles. The third-order valence-electron chi connectivity index (χ3n) is 6.06. The highest BCUT2D eigenvalue weighted by Gasteiger charge is 2.36. The van der Waals surface area contributed by atoms with Gasteiger partial charge < -0.3 is 30.6 Å². The Labute approximate surface area is 179 Å². The van der Waals surface area contributed by atoms with Crippen molar-refractivity contribution >= 4 is 28.2 Å². The molecule has 2 aliphatic rings. The lowest BCUT2D eigenvalue weighted by atomic mass is 10.1. The summed E-state index contributed by atoms with van der Waals surface area (Å²) in [4.78, 5) is 29.9. The molecule has 1 unspecified atom stereocenters. The average Bonchev–Trinajstić information content (AvgIpc) is 3.30. The third kappa shape index (κ3) is 3.01. The first-order chi connectivity index (χ1) is 15.3. The number of carbonyl (C=O) groups is 1. The number of hydrogen-bond acceptors (Lipinski definition) is 8. The maximum absolute atomic E-state index is 15.8. The number of pyridine rings is 1. The Kier molecular flexibility index (Phi) is 4.62. The van der Waals surface area contributed by atoms with E-state index in [1.807, 2.05) is 0 Å². The van der Waals surface area contributed by atoms with Crippen LogP contribution in [0, 0.1) is 11.6 Å². The van der Waals surface area contributed by atoms with E-state index in [2.05, 4.69) is 10.1 Å². The zero-order valence-electron chi connectivity index (χ0n) is 16.8. The number of anilines is 2. The summed E-state index contributed by atoms with van der Waals surface area (Å²) in [5.41, 5.74) is 8.78. The molecule has 0 spiro atoms. The van der Waals surface area contributed by atoms with Gasteiger partial charge in [0.15, 0.2) is 17.5 Å². The smallest absolute Gasteiger partial charge is 0.341 e. The normalized spacial score (nSPS) is 18.6. The topological polar surface area (TPSA) is 154 Å². The molecule has 3 aromatic rings. The summed E-state index contributed by atoms with van der Waals surface area (Å²) >= 11 is 0. The van der Waals surface area contributed by atoms with E-state index in [0.29, 0.717) is 37.5 Å². The van der Waals surface area contributed by atoms with E-state index in [1.165, 1.54) is 9.47 Å². The molecule has 12 heteroatoms. The largest absolute Gasteiger partial charge is 0.477 e. The monoisotopic (exact) mass is 446 g/mol. The Morgan fingerprint density at radius 3 is 2.66 bits per heavy atom. The van der Waals surface area contributed by atoms with Crippen molar-refractivity contribution in [3.63, 3.8) is 0 Å². The van der Waals surface area contributed by atoms with Gasteiger partial charge in [0.1, 0.15) is 11.3 Å². The van der Waals surface area contributed by atoms with E-state index in [4.69, 9.17) is 16.0 Å². The zero-order valence-corrected chi connectivity index (χ0v) is 16.8. The van der Waals surface area contributed by atoms with Crippen LogP contribution in [0.15, 0.2) is 15.5 Å². The van der Waals surface area contributed by atoms with Crippen LogP contribution in [0.3, 0.4) is 0 Å². The van der Waals surface area contributed by atoms with Crippen molar-refractivity contribution in [1.82, 2.24) is 14.7 Å².